The number of carbonyl (C=O) groups is 2. The summed E-state index contributed by atoms with van der Waals surface area (Å²) >= 11 is 0. The first kappa shape index (κ1) is 7.09. The molecular weight excluding hydrogens is 158 g/mol. The van der Waals surface area contributed by atoms with Crippen molar-refractivity contribution < 1.29 is 14.0 Å². The third-order valence-corrected chi connectivity index (χ3v) is 1.75. The Balaban J connectivity index is 2.53. The predicted molar refractivity (Wildman–Crippen MR) is 39.6 cm³/mol. The second-order valence-corrected chi connectivity index (χ2v) is 2.75. The van der Waals surface area contributed by atoms with Crippen LogP contribution < -0.4 is 5.32 Å². The summed E-state index contributed by atoms with van der Waals surface area (Å²) < 4.78 is 5.17. The molecule has 0 aliphatic carbocycles. The SMILES string of the molecule is Cc1cc2c(o1)CC(=O)NC2=O. The lowest BCUT2D eigenvalue weighted by Gasteiger charge is -2.08. The van der Waals surface area contributed by atoms with E-state index < -0.39 is 0 Å². The van der Waals surface area contributed by atoms with Crippen LogP contribution in [0.5, 0.6) is 0 Å². The van der Waals surface area contributed by atoms with Crippen LogP contribution in [0, 0.1) is 6.92 Å². The number of nitrogens with one attached hydrogen (secondary N) is 1. The van der Waals surface area contributed by atoms with Crippen LogP contribution >= 0.6 is 0 Å². The molecule has 1 aromatic rings. The summed E-state index contributed by atoms with van der Waals surface area (Å²) in [5.74, 6) is 0.464. The first-order chi connectivity index (χ1) is 5.66. The number of aryl methyl sites for hydroxylation is 1. The van der Waals surface area contributed by atoms with Gasteiger partial charge >= 0.3 is 0 Å². The molecular formula is C8H7NO3. The summed E-state index contributed by atoms with van der Waals surface area (Å²) in [7, 11) is 0. The Bertz CT molecular complexity index is 364. The van der Waals surface area contributed by atoms with E-state index in [9.17, 15) is 9.59 Å². The van der Waals surface area contributed by atoms with Crippen LogP contribution in [-0.2, 0) is 11.2 Å². The van der Waals surface area contributed by atoms with Gasteiger partial charge < -0.3 is 4.42 Å². The quantitative estimate of drug-likeness (QED) is 0.566. The zero-order chi connectivity index (χ0) is 8.72. The molecule has 12 heavy (non-hydrogen) atoms. The Morgan fingerprint density at radius 1 is 1.50 bits per heavy atom. The van der Waals surface area contributed by atoms with E-state index in [0.29, 0.717) is 17.1 Å². The summed E-state index contributed by atoms with van der Waals surface area (Å²) in [6.07, 6.45) is 0.162. The number of rotatable bonds is 0. The molecule has 0 bridgehead atoms. The molecule has 0 unspecified atom stereocenters. The topological polar surface area (TPSA) is 59.3 Å². The fraction of sp³-hybridized carbons (Fsp3) is 0.250. The van der Waals surface area contributed by atoms with Crippen molar-refractivity contribution in [2.24, 2.45) is 0 Å². The normalized spacial score (nSPS) is 15.8. The van der Waals surface area contributed by atoms with Gasteiger partial charge in [-0.15, -0.1) is 0 Å². The van der Waals surface area contributed by atoms with E-state index in [4.69, 9.17) is 4.42 Å². The molecule has 1 aliphatic rings. The Kier molecular flexibility index (Phi) is 1.30. The Morgan fingerprint density at radius 2 is 2.25 bits per heavy atom. The van der Waals surface area contributed by atoms with E-state index in [0.717, 1.165) is 0 Å². The Hall–Kier alpha value is -1.58. The van der Waals surface area contributed by atoms with Gasteiger partial charge in [-0.2, -0.15) is 0 Å². The van der Waals surface area contributed by atoms with Gasteiger partial charge in [-0.05, 0) is 13.0 Å². The highest BCUT2D eigenvalue weighted by Gasteiger charge is 2.25. The Labute approximate surface area is 68.6 Å². The molecule has 0 saturated carbocycles. The van der Waals surface area contributed by atoms with Crippen molar-refractivity contribution in [1.82, 2.24) is 5.32 Å². The van der Waals surface area contributed by atoms with Gasteiger partial charge in [-0.3, -0.25) is 14.9 Å². The van der Waals surface area contributed by atoms with Crippen LogP contribution in [0.25, 0.3) is 0 Å². The molecule has 4 heteroatoms. The number of fused-ring (bicyclic) bond motifs is 1. The summed E-state index contributed by atoms with van der Waals surface area (Å²) in [4.78, 5) is 22.0. The smallest absolute Gasteiger partial charge is 0.261 e. The van der Waals surface area contributed by atoms with Gasteiger partial charge in [0.15, 0.2) is 0 Å². The first-order valence-electron chi connectivity index (χ1n) is 3.60. The minimum Gasteiger partial charge on any atom is -0.465 e. The number of carbonyl (C=O) groups excluding carboxylic acids is 2. The number of furan rings is 1. The van der Waals surface area contributed by atoms with Gasteiger partial charge in [0, 0.05) is 0 Å². The van der Waals surface area contributed by atoms with Crippen molar-refractivity contribution in [1.29, 1.82) is 0 Å². The van der Waals surface area contributed by atoms with Gasteiger partial charge in [0.25, 0.3) is 5.91 Å². The molecule has 1 aromatic heterocycles. The fourth-order valence-electron chi connectivity index (χ4n) is 1.27. The third-order valence-electron chi connectivity index (χ3n) is 1.75. The maximum atomic E-state index is 11.1. The largest absolute Gasteiger partial charge is 0.465 e. The predicted octanol–water partition coefficient (Wildman–Crippen LogP) is 0.401. The van der Waals surface area contributed by atoms with E-state index in [1.54, 1.807) is 13.0 Å². The molecule has 0 atom stereocenters. The van der Waals surface area contributed by atoms with E-state index in [-0.39, 0.29) is 18.2 Å². The van der Waals surface area contributed by atoms with E-state index in [1.807, 2.05) is 0 Å². The van der Waals surface area contributed by atoms with Gasteiger partial charge in [-0.25, -0.2) is 0 Å². The van der Waals surface area contributed by atoms with E-state index in [1.165, 1.54) is 0 Å². The van der Waals surface area contributed by atoms with Gasteiger partial charge in [0.2, 0.25) is 5.91 Å². The molecule has 0 spiro atoms. The minimum atomic E-state index is -0.363. The standard InChI is InChI=1S/C8H7NO3/c1-4-2-5-6(12-4)3-7(10)9-8(5)11/h2H,3H2,1H3,(H,9,10,11). The van der Waals surface area contributed by atoms with Crippen molar-refractivity contribution in [3.8, 4) is 0 Å². The minimum absolute atomic E-state index is 0.162. The monoisotopic (exact) mass is 165 g/mol. The zero-order valence-corrected chi connectivity index (χ0v) is 6.51. The lowest BCUT2D eigenvalue weighted by molar-refractivity contribution is -0.120. The third kappa shape index (κ3) is 0.922. The van der Waals surface area contributed by atoms with E-state index in [2.05, 4.69) is 5.32 Å². The molecule has 1 aliphatic heterocycles. The highest BCUT2D eigenvalue weighted by atomic mass is 16.3. The molecule has 2 rings (SSSR count). The lowest BCUT2D eigenvalue weighted by atomic mass is 10.1. The summed E-state index contributed by atoms with van der Waals surface area (Å²) in [6, 6.07) is 1.64. The van der Waals surface area contributed by atoms with Crippen molar-refractivity contribution in [3.63, 3.8) is 0 Å². The lowest BCUT2D eigenvalue weighted by Crippen LogP contribution is -2.36. The first-order valence-corrected chi connectivity index (χ1v) is 3.60. The van der Waals surface area contributed by atoms with Crippen molar-refractivity contribution in [3.05, 3.63) is 23.2 Å². The molecule has 4 nitrogen and oxygen atoms in total. The molecule has 0 radical (unpaired) electrons. The maximum absolute atomic E-state index is 11.1. The summed E-state index contributed by atoms with van der Waals surface area (Å²) in [6.45, 7) is 1.75. The van der Waals surface area contributed by atoms with E-state index >= 15 is 0 Å². The molecule has 62 valence electrons. The average Bonchev–Trinajstić information content (AvgIpc) is 2.29. The van der Waals surface area contributed by atoms with Gasteiger partial charge in [-0.1, -0.05) is 0 Å². The van der Waals surface area contributed by atoms with Crippen molar-refractivity contribution in [2.75, 3.05) is 0 Å². The van der Waals surface area contributed by atoms with Crippen LogP contribution in [0.1, 0.15) is 21.9 Å². The molecule has 2 heterocycles. The van der Waals surface area contributed by atoms with Crippen molar-refractivity contribution in [2.45, 2.75) is 13.3 Å². The number of hydrogen-bond acceptors (Lipinski definition) is 3. The molecule has 1 N–H and O–H groups in total. The Morgan fingerprint density at radius 3 is 3.00 bits per heavy atom. The summed E-state index contributed by atoms with van der Waals surface area (Å²) in [5.41, 5.74) is 0.479. The average molecular weight is 165 g/mol. The molecule has 0 fully saturated rings. The fourth-order valence-corrected chi connectivity index (χ4v) is 1.27. The highest BCUT2D eigenvalue weighted by Crippen LogP contribution is 2.18. The van der Waals surface area contributed by atoms with Gasteiger partial charge in [0.05, 0.1) is 12.0 Å². The zero-order valence-electron chi connectivity index (χ0n) is 6.51. The maximum Gasteiger partial charge on any atom is 0.261 e. The molecule has 0 aromatic carbocycles. The number of imide groups is 1. The highest BCUT2D eigenvalue weighted by molar-refractivity contribution is 6.09. The summed E-state index contributed by atoms with van der Waals surface area (Å²) in [5, 5.41) is 2.21. The van der Waals surface area contributed by atoms with Gasteiger partial charge in [0.1, 0.15) is 11.5 Å². The van der Waals surface area contributed by atoms with Crippen LogP contribution in [0.15, 0.2) is 10.5 Å². The van der Waals surface area contributed by atoms with Crippen LogP contribution in [0.4, 0.5) is 0 Å². The molecule has 0 saturated heterocycles. The van der Waals surface area contributed by atoms with Crippen LogP contribution in [-0.4, -0.2) is 11.8 Å². The second kappa shape index (κ2) is 2.20. The molecule has 2 amide bonds. The number of hydrogen-bond donors (Lipinski definition) is 1. The van der Waals surface area contributed by atoms with Crippen molar-refractivity contribution >= 4 is 11.8 Å². The van der Waals surface area contributed by atoms with Crippen LogP contribution in [0.2, 0.25) is 0 Å². The van der Waals surface area contributed by atoms with Crippen LogP contribution in [0.3, 0.4) is 0 Å². The second-order valence-electron chi connectivity index (χ2n) is 2.75. The number of amides is 2.